The van der Waals surface area contributed by atoms with Crippen LogP contribution in [0.5, 0.6) is 0 Å². The summed E-state index contributed by atoms with van der Waals surface area (Å²) in [6, 6.07) is 2.64. The molecule has 6 heteroatoms. The molecule has 1 aliphatic rings. The van der Waals surface area contributed by atoms with E-state index in [0.29, 0.717) is 5.52 Å². The van der Waals surface area contributed by atoms with Crippen molar-refractivity contribution in [2.24, 2.45) is 0 Å². The minimum absolute atomic E-state index is 0.0427. The number of pyridine rings is 1. The van der Waals surface area contributed by atoms with Gasteiger partial charge in [0.2, 0.25) is 5.43 Å². The maximum atomic E-state index is 13.7. The van der Waals surface area contributed by atoms with Crippen molar-refractivity contribution >= 4 is 28.5 Å². The van der Waals surface area contributed by atoms with Crippen molar-refractivity contribution < 1.29 is 13.9 Å². The van der Waals surface area contributed by atoms with E-state index in [-0.39, 0.29) is 28.6 Å². The maximum absolute atomic E-state index is 13.7. The molecule has 0 radical (unpaired) electrons. The number of ether oxygens (including phenoxy) is 1. The van der Waals surface area contributed by atoms with E-state index < -0.39 is 17.2 Å². The standard InChI is InChI=1S/C15H13ClFNO3/c1-2-21-15(20)10-7-18(8-3-4-8)13-9(14(10)19)5-6-11(17)12(13)16/h5-8H,2-4H2,1H3. The molecule has 110 valence electrons. The Morgan fingerprint density at radius 3 is 2.81 bits per heavy atom. The molecule has 1 aromatic heterocycles. The summed E-state index contributed by atoms with van der Waals surface area (Å²) in [5.41, 5.74) is -0.182. The van der Waals surface area contributed by atoms with Gasteiger partial charge < -0.3 is 9.30 Å². The van der Waals surface area contributed by atoms with Gasteiger partial charge in [-0.3, -0.25) is 4.79 Å². The van der Waals surface area contributed by atoms with E-state index in [0.717, 1.165) is 18.9 Å². The number of fused-ring (bicyclic) bond motifs is 1. The summed E-state index contributed by atoms with van der Waals surface area (Å²) in [5.74, 6) is -1.25. The first kappa shape index (κ1) is 14.1. The van der Waals surface area contributed by atoms with Crippen LogP contribution in [-0.4, -0.2) is 17.1 Å². The molecule has 4 nitrogen and oxygen atoms in total. The molecule has 1 saturated carbocycles. The molecule has 2 aromatic rings. The highest BCUT2D eigenvalue weighted by Crippen LogP contribution is 2.39. The van der Waals surface area contributed by atoms with Crippen LogP contribution in [0.25, 0.3) is 10.9 Å². The summed E-state index contributed by atoms with van der Waals surface area (Å²) >= 11 is 6.02. The maximum Gasteiger partial charge on any atom is 0.343 e. The quantitative estimate of drug-likeness (QED) is 0.817. The van der Waals surface area contributed by atoms with Gasteiger partial charge in [-0.2, -0.15) is 0 Å². The topological polar surface area (TPSA) is 48.3 Å². The second kappa shape index (κ2) is 5.15. The number of esters is 1. The lowest BCUT2D eigenvalue weighted by Gasteiger charge is -2.13. The molecule has 0 aliphatic heterocycles. The molecular formula is C15H13ClFNO3. The molecule has 1 heterocycles. The number of carbonyl (C=O) groups is 1. The van der Waals surface area contributed by atoms with Gasteiger partial charge in [0.25, 0.3) is 0 Å². The van der Waals surface area contributed by atoms with Crippen LogP contribution < -0.4 is 5.43 Å². The van der Waals surface area contributed by atoms with Gasteiger partial charge in [-0.05, 0) is 31.9 Å². The smallest absolute Gasteiger partial charge is 0.343 e. The Morgan fingerprint density at radius 1 is 1.48 bits per heavy atom. The molecule has 0 bridgehead atoms. The van der Waals surface area contributed by atoms with Crippen LogP contribution >= 0.6 is 11.6 Å². The number of aromatic nitrogens is 1. The van der Waals surface area contributed by atoms with Gasteiger partial charge in [0.1, 0.15) is 16.4 Å². The van der Waals surface area contributed by atoms with Gasteiger partial charge in [0, 0.05) is 17.6 Å². The highest BCUT2D eigenvalue weighted by Gasteiger charge is 2.28. The Bertz CT molecular complexity index is 796. The van der Waals surface area contributed by atoms with Crippen molar-refractivity contribution in [3.8, 4) is 0 Å². The number of halogens is 2. The molecular weight excluding hydrogens is 297 g/mol. The predicted octanol–water partition coefficient (Wildman–Crippen LogP) is 3.31. The highest BCUT2D eigenvalue weighted by atomic mass is 35.5. The van der Waals surface area contributed by atoms with Crippen molar-refractivity contribution in [3.63, 3.8) is 0 Å². The summed E-state index contributed by atoms with van der Waals surface area (Å²) in [6.45, 7) is 1.86. The summed E-state index contributed by atoms with van der Waals surface area (Å²) in [7, 11) is 0. The van der Waals surface area contributed by atoms with Crippen LogP contribution in [0.2, 0.25) is 5.02 Å². The van der Waals surface area contributed by atoms with Crippen molar-refractivity contribution in [1.82, 2.24) is 4.57 Å². The van der Waals surface area contributed by atoms with Crippen LogP contribution in [-0.2, 0) is 4.74 Å². The summed E-state index contributed by atoms with van der Waals surface area (Å²) in [4.78, 5) is 24.3. The number of hydrogen-bond donors (Lipinski definition) is 0. The molecule has 1 aliphatic carbocycles. The average molecular weight is 310 g/mol. The number of carbonyl (C=O) groups excluding carboxylic acids is 1. The number of nitrogens with zero attached hydrogens (tertiary/aromatic N) is 1. The molecule has 0 saturated heterocycles. The van der Waals surface area contributed by atoms with Crippen LogP contribution in [0.15, 0.2) is 23.1 Å². The van der Waals surface area contributed by atoms with E-state index in [4.69, 9.17) is 16.3 Å². The molecule has 0 N–H and O–H groups in total. The first-order valence-electron chi connectivity index (χ1n) is 6.74. The molecule has 0 atom stereocenters. The highest BCUT2D eigenvalue weighted by molar-refractivity contribution is 6.35. The average Bonchev–Trinajstić information content (AvgIpc) is 3.28. The third-order valence-electron chi connectivity index (χ3n) is 3.52. The van der Waals surface area contributed by atoms with Crippen LogP contribution in [0.3, 0.4) is 0 Å². The lowest BCUT2D eigenvalue weighted by molar-refractivity contribution is 0.0524. The lowest BCUT2D eigenvalue weighted by atomic mass is 10.1. The van der Waals surface area contributed by atoms with Gasteiger partial charge in [-0.15, -0.1) is 0 Å². The first-order valence-corrected chi connectivity index (χ1v) is 7.12. The molecule has 0 unspecified atom stereocenters. The second-order valence-corrected chi connectivity index (χ2v) is 5.37. The van der Waals surface area contributed by atoms with Gasteiger partial charge in [0.05, 0.1) is 12.1 Å². The largest absolute Gasteiger partial charge is 0.462 e. The Hall–Kier alpha value is -1.88. The Kier molecular flexibility index (Phi) is 3.45. The zero-order chi connectivity index (χ0) is 15.1. The van der Waals surface area contributed by atoms with E-state index in [1.54, 1.807) is 11.5 Å². The Labute approximate surface area is 125 Å². The van der Waals surface area contributed by atoms with Crippen LogP contribution in [0, 0.1) is 5.82 Å². The van der Waals surface area contributed by atoms with Crippen LogP contribution in [0.1, 0.15) is 36.2 Å². The zero-order valence-electron chi connectivity index (χ0n) is 11.4. The zero-order valence-corrected chi connectivity index (χ0v) is 12.1. The fourth-order valence-electron chi connectivity index (χ4n) is 2.38. The fourth-order valence-corrected chi connectivity index (χ4v) is 2.64. The normalized spacial score (nSPS) is 14.4. The monoisotopic (exact) mass is 309 g/mol. The third-order valence-corrected chi connectivity index (χ3v) is 3.88. The first-order chi connectivity index (χ1) is 10.0. The number of rotatable bonds is 3. The molecule has 1 aromatic carbocycles. The molecule has 0 spiro atoms. The minimum Gasteiger partial charge on any atom is -0.462 e. The molecule has 3 rings (SSSR count). The lowest BCUT2D eigenvalue weighted by Crippen LogP contribution is -2.21. The van der Waals surface area contributed by atoms with Gasteiger partial charge >= 0.3 is 5.97 Å². The molecule has 1 fully saturated rings. The van der Waals surface area contributed by atoms with Gasteiger partial charge in [0.15, 0.2) is 0 Å². The second-order valence-electron chi connectivity index (χ2n) is 4.99. The van der Waals surface area contributed by atoms with E-state index in [9.17, 15) is 14.0 Å². The van der Waals surface area contributed by atoms with E-state index in [1.807, 2.05) is 0 Å². The van der Waals surface area contributed by atoms with Crippen molar-refractivity contribution in [3.05, 3.63) is 45.0 Å². The van der Waals surface area contributed by atoms with Crippen molar-refractivity contribution in [2.75, 3.05) is 6.61 Å². The Balaban J connectivity index is 2.34. The van der Waals surface area contributed by atoms with E-state index >= 15 is 0 Å². The predicted molar refractivity (Wildman–Crippen MR) is 77.4 cm³/mol. The van der Waals surface area contributed by atoms with Crippen molar-refractivity contribution in [2.45, 2.75) is 25.8 Å². The molecule has 21 heavy (non-hydrogen) atoms. The minimum atomic E-state index is -0.667. The van der Waals surface area contributed by atoms with E-state index in [1.165, 1.54) is 12.3 Å². The van der Waals surface area contributed by atoms with E-state index in [2.05, 4.69) is 0 Å². The Morgan fingerprint density at radius 2 is 2.19 bits per heavy atom. The fraction of sp³-hybridized carbons (Fsp3) is 0.333. The summed E-state index contributed by atoms with van der Waals surface area (Å²) in [6.07, 6.45) is 3.26. The van der Waals surface area contributed by atoms with Gasteiger partial charge in [-0.1, -0.05) is 11.6 Å². The third kappa shape index (κ3) is 2.31. The van der Waals surface area contributed by atoms with Gasteiger partial charge in [-0.25, -0.2) is 9.18 Å². The van der Waals surface area contributed by atoms with Crippen LogP contribution in [0.4, 0.5) is 4.39 Å². The SMILES string of the molecule is CCOC(=O)c1cn(C2CC2)c2c(Cl)c(F)ccc2c1=O. The number of hydrogen-bond acceptors (Lipinski definition) is 3. The van der Waals surface area contributed by atoms with Crippen molar-refractivity contribution in [1.29, 1.82) is 0 Å². The number of benzene rings is 1. The summed E-state index contributed by atoms with van der Waals surface area (Å²) in [5, 5.41) is 0.144. The summed E-state index contributed by atoms with van der Waals surface area (Å²) < 4.78 is 20.3. The molecule has 0 amide bonds.